The molecule has 2 rings (SSSR count). The molecule has 1 aliphatic carbocycles. The Morgan fingerprint density at radius 3 is 2.37 bits per heavy atom. The van der Waals surface area contributed by atoms with Crippen molar-refractivity contribution in [1.29, 1.82) is 0 Å². The van der Waals surface area contributed by atoms with E-state index >= 15 is 0 Å². The summed E-state index contributed by atoms with van der Waals surface area (Å²) in [4.78, 5) is 0. The third-order valence-electron chi connectivity index (χ3n) is 4.53. The zero-order valence-electron chi connectivity index (χ0n) is 11.1. The summed E-state index contributed by atoms with van der Waals surface area (Å²) in [5, 5.41) is 3.38. The van der Waals surface area contributed by atoms with Crippen molar-refractivity contribution in [3.05, 3.63) is 0 Å². The fourth-order valence-corrected chi connectivity index (χ4v) is 3.09. The van der Waals surface area contributed by atoms with Gasteiger partial charge in [-0.3, -0.25) is 0 Å². The Morgan fingerprint density at radius 1 is 1.21 bits per heavy atom. The maximum Gasteiger partial charge on any atom is 0.391 e. The van der Waals surface area contributed by atoms with Crippen LogP contribution in [0.3, 0.4) is 0 Å². The molecule has 2 aliphatic rings. The highest BCUT2D eigenvalue weighted by Crippen LogP contribution is 2.40. The maximum atomic E-state index is 12.7. The maximum absolute atomic E-state index is 12.7. The van der Waals surface area contributed by atoms with Crippen molar-refractivity contribution in [3.63, 3.8) is 0 Å². The fraction of sp³-hybridized carbons (Fsp3) is 1.00. The van der Waals surface area contributed by atoms with Crippen LogP contribution < -0.4 is 11.1 Å². The van der Waals surface area contributed by atoms with E-state index in [0.29, 0.717) is 25.9 Å². The molecule has 1 saturated carbocycles. The number of rotatable bonds is 4. The van der Waals surface area contributed by atoms with Crippen LogP contribution in [-0.4, -0.2) is 37.5 Å². The van der Waals surface area contributed by atoms with Gasteiger partial charge in [-0.25, -0.2) is 0 Å². The number of hydrogen-bond donors (Lipinski definition) is 2. The molecule has 1 unspecified atom stereocenters. The lowest BCUT2D eigenvalue weighted by Gasteiger charge is -2.41. The third-order valence-corrected chi connectivity index (χ3v) is 4.53. The van der Waals surface area contributed by atoms with Crippen molar-refractivity contribution in [2.45, 2.75) is 56.3 Å². The Labute approximate surface area is 112 Å². The predicted molar refractivity (Wildman–Crippen MR) is 66.8 cm³/mol. The molecule has 1 atom stereocenters. The van der Waals surface area contributed by atoms with Gasteiger partial charge in [0.15, 0.2) is 0 Å². The van der Waals surface area contributed by atoms with Gasteiger partial charge in [0.25, 0.3) is 0 Å². The van der Waals surface area contributed by atoms with Gasteiger partial charge in [-0.05, 0) is 38.5 Å². The Bertz CT molecular complexity index is 282. The van der Waals surface area contributed by atoms with Crippen molar-refractivity contribution in [1.82, 2.24) is 5.32 Å². The predicted octanol–water partition coefficient (Wildman–Crippen LogP) is 2.20. The lowest BCUT2D eigenvalue weighted by Crippen LogP contribution is -2.55. The van der Waals surface area contributed by atoms with Crippen LogP contribution in [0.25, 0.3) is 0 Å². The highest BCUT2D eigenvalue weighted by molar-refractivity contribution is 4.95. The van der Waals surface area contributed by atoms with E-state index in [1.165, 1.54) is 0 Å². The second kappa shape index (κ2) is 5.97. The van der Waals surface area contributed by atoms with Crippen LogP contribution in [-0.2, 0) is 4.74 Å². The summed E-state index contributed by atoms with van der Waals surface area (Å²) in [5.74, 6) is -1.16. The summed E-state index contributed by atoms with van der Waals surface area (Å²) in [7, 11) is 0. The number of hydrogen-bond acceptors (Lipinski definition) is 3. The lowest BCUT2D eigenvalue weighted by molar-refractivity contribution is -0.185. The van der Waals surface area contributed by atoms with E-state index in [9.17, 15) is 13.2 Å². The summed E-state index contributed by atoms with van der Waals surface area (Å²) in [6.07, 6.45) is -0.408. The lowest BCUT2D eigenvalue weighted by atomic mass is 9.76. The summed E-state index contributed by atoms with van der Waals surface area (Å²) in [6, 6.07) is 0. The van der Waals surface area contributed by atoms with Gasteiger partial charge in [0.05, 0.1) is 12.0 Å². The van der Waals surface area contributed by atoms with Gasteiger partial charge in [0.1, 0.15) is 0 Å². The minimum atomic E-state index is -4.06. The van der Waals surface area contributed by atoms with Crippen molar-refractivity contribution in [2.24, 2.45) is 11.7 Å². The number of nitrogens with one attached hydrogen (secondary N) is 1. The molecule has 0 bridgehead atoms. The van der Waals surface area contributed by atoms with Crippen molar-refractivity contribution in [2.75, 3.05) is 19.7 Å². The topological polar surface area (TPSA) is 47.3 Å². The number of nitrogens with two attached hydrogens (primary N) is 1. The van der Waals surface area contributed by atoms with E-state index in [-0.39, 0.29) is 24.5 Å². The Balaban J connectivity index is 1.83. The molecule has 1 heterocycles. The van der Waals surface area contributed by atoms with Gasteiger partial charge < -0.3 is 15.8 Å². The molecular formula is C13H23F3N2O. The molecule has 3 N–H and O–H groups in total. The normalized spacial score (nSPS) is 36.6. The first-order chi connectivity index (χ1) is 8.95. The molecule has 6 heteroatoms. The van der Waals surface area contributed by atoms with Gasteiger partial charge in [-0.2, -0.15) is 13.2 Å². The quantitative estimate of drug-likeness (QED) is 0.830. The van der Waals surface area contributed by atoms with Crippen molar-refractivity contribution >= 4 is 0 Å². The first kappa shape index (κ1) is 15.1. The molecule has 0 aromatic heterocycles. The van der Waals surface area contributed by atoms with Crippen LogP contribution >= 0.6 is 0 Å². The first-order valence-corrected chi connectivity index (χ1v) is 7.09. The smallest absolute Gasteiger partial charge is 0.377 e. The van der Waals surface area contributed by atoms with E-state index in [1.54, 1.807) is 0 Å². The minimum absolute atomic E-state index is 0.180. The zero-order valence-corrected chi connectivity index (χ0v) is 11.1. The zero-order chi connectivity index (χ0) is 13.9. The average Bonchev–Trinajstić information content (AvgIpc) is 2.89. The van der Waals surface area contributed by atoms with Crippen molar-refractivity contribution in [3.8, 4) is 0 Å². The fourth-order valence-electron chi connectivity index (χ4n) is 3.09. The van der Waals surface area contributed by atoms with Gasteiger partial charge in [0, 0.05) is 25.2 Å². The molecule has 2 fully saturated rings. The molecule has 0 aromatic carbocycles. The number of halogens is 3. The molecule has 3 nitrogen and oxygen atoms in total. The average molecular weight is 280 g/mol. The van der Waals surface area contributed by atoms with E-state index in [0.717, 1.165) is 19.4 Å². The van der Waals surface area contributed by atoms with E-state index in [4.69, 9.17) is 10.5 Å². The van der Waals surface area contributed by atoms with Crippen LogP contribution in [0.2, 0.25) is 0 Å². The molecule has 112 valence electrons. The highest BCUT2D eigenvalue weighted by Gasteiger charge is 2.45. The largest absolute Gasteiger partial charge is 0.391 e. The second-order valence-corrected chi connectivity index (χ2v) is 5.82. The van der Waals surface area contributed by atoms with E-state index < -0.39 is 12.1 Å². The summed E-state index contributed by atoms with van der Waals surface area (Å²) in [6.45, 7) is 1.89. The van der Waals surface area contributed by atoms with Gasteiger partial charge >= 0.3 is 6.18 Å². The number of ether oxygens (including phenoxy) is 1. The van der Waals surface area contributed by atoms with Crippen LogP contribution in [0.1, 0.15) is 38.5 Å². The Kier molecular flexibility index (Phi) is 4.74. The highest BCUT2D eigenvalue weighted by atomic mass is 19.4. The van der Waals surface area contributed by atoms with Crippen LogP contribution in [0.4, 0.5) is 13.2 Å². The second-order valence-electron chi connectivity index (χ2n) is 5.82. The first-order valence-electron chi connectivity index (χ1n) is 7.09. The molecule has 0 radical (unpaired) electrons. The molecule has 1 saturated heterocycles. The monoisotopic (exact) mass is 280 g/mol. The molecule has 0 amide bonds. The van der Waals surface area contributed by atoms with Gasteiger partial charge in [0.2, 0.25) is 0 Å². The summed E-state index contributed by atoms with van der Waals surface area (Å²) < 4.78 is 43.5. The standard InChI is InChI=1S/C13H23F3N2O/c14-13(15,16)10-3-5-12(9-17,6-4-10)18-8-11-2-1-7-19-11/h10-11,18H,1-9,17H2. The van der Waals surface area contributed by atoms with Gasteiger partial charge in [-0.15, -0.1) is 0 Å². The minimum Gasteiger partial charge on any atom is -0.377 e. The van der Waals surface area contributed by atoms with E-state index in [1.807, 2.05) is 0 Å². The Hall–Kier alpha value is -0.330. The molecule has 1 aliphatic heterocycles. The van der Waals surface area contributed by atoms with Crippen molar-refractivity contribution < 1.29 is 17.9 Å². The molecular weight excluding hydrogens is 257 g/mol. The molecule has 19 heavy (non-hydrogen) atoms. The summed E-state index contributed by atoms with van der Waals surface area (Å²) >= 11 is 0. The number of alkyl halides is 3. The van der Waals surface area contributed by atoms with Crippen LogP contribution in [0.5, 0.6) is 0 Å². The Morgan fingerprint density at radius 2 is 1.89 bits per heavy atom. The van der Waals surface area contributed by atoms with Crippen LogP contribution in [0, 0.1) is 5.92 Å². The van der Waals surface area contributed by atoms with Crippen LogP contribution in [0.15, 0.2) is 0 Å². The van der Waals surface area contributed by atoms with E-state index in [2.05, 4.69) is 5.32 Å². The third kappa shape index (κ3) is 3.83. The summed E-state index contributed by atoms with van der Waals surface area (Å²) in [5.41, 5.74) is 5.47. The SMILES string of the molecule is NCC1(NCC2CCCO2)CCC(C(F)(F)F)CC1. The molecule has 0 spiro atoms. The molecule has 0 aromatic rings. The van der Waals surface area contributed by atoms with Gasteiger partial charge in [-0.1, -0.05) is 0 Å².